The van der Waals surface area contributed by atoms with E-state index >= 15 is 0 Å². The SMILES string of the molecule is CN(C)[C@@H]1C(=O)C(C(N)=O)=C(O)[C@@]2(O)C(=O)C3=C(O)c4c(ccc(NC(=O)CNOCc5ccccc5)c4O)CC3CC12. The second kappa shape index (κ2) is 11.3. The van der Waals surface area contributed by atoms with Gasteiger partial charge < -0.3 is 31.5 Å². The van der Waals surface area contributed by atoms with Crippen molar-refractivity contribution in [3.63, 3.8) is 0 Å². The zero-order valence-electron chi connectivity index (χ0n) is 23.5. The van der Waals surface area contributed by atoms with Gasteiger partial charge in [-0.05, 0) is 50.0 Å². The van der Waals surface area contributed by atoms with Gasteiger partial charge in [0.25, 0.3) is 5.91 Å². The molecule has 5 rings (SSSR count). The van der Waals surface area contributed by atoms with Crippen molar-refractivity contribution in [2.24, 2.45) is 17.6 Å². The molecule has 0 saturated heterocycles. The number of hydrogen-bond acceptors (Lipinski definition) is 11. The summed E-state index contributed by atoms with van der Waals surface area (Å²) in [5, 5.41) is 47.5. The van der Waals surface area contributed by atoms with Crippen LogP contribution in [0.4, 0.5) is 5.69 Å². The van der Waals surface area contributed by atoms with E-state index in [-0.39, 0.29) is 42.8 Å². The Morgan fingerprint density at radius 1 is 1.09 bits per heavy atom. The zero-order chi connectivity index (χ0) is 31.2. The van der Waals surface area contributed by atoms with Gasteiger partial charge in [0.2, 0.25) is 11.7 Å². The van der Waals surface area contributed by atoms with Crippen molar-refractivity contribution >= 4 is 34.8 Å². The smallest absolute Gasteiger partial charge is 0.255 e. The lowest BCUT2D eigenvalue weighted by atomic mass is 9.57. The van der Waals surface area contributed by atoms with Crippen molar-refractivity contribution in [3.05, 3.63) is 76.1 Å². The quantitative estimate of drug-likeness (QED) is 0.0977. The van der Waals surface area contributed by atoms with Gasteiger partial charge in [-0.3, -0.25) is 28.9 Å². The number of anilines is 1. The van der Waals surface area contributed by atoms with Gasteiger partial charge in [-0.1, -0.05) is 36.4 Å². The van der Waals surface area contributed by atoms with E-state index in [4.69, 9.17) is 10.6 Å². The Kier molecular flexibility index (Phi) is 7.84. The number of aromatic hydroxyl groups is 1. The lowest BCUT2D eigenvalue weighted by Gasteiger charge is -2.50. The number of aliphatic hydroxyl groups is 3. The minimum atomic E-state index is -2.72. The molecule has 13 heteroatoms. The summed E-state index contributed by atoms with van der Waals surface area (Å²) in [4.78, 5) is 58.4. The van der Waals surface area contributed by atoms with Crippen molar-refractivity contribution in [1.82, 2.24) is 10.4 Å². The van der Waals surface area contributed by atoms with Crippen LogP contribution < -0.4 is 16.5 Å². The molecule has 4 atom stereocenters. The van der Waals surface area contributed by atoms with Crippen molar-refractivity contribution in [2.75, 3.05) is 26.0 Å². The first kappa shape index (κ1) is 29.9. The van der Waals surface area contributed by atoms with Crippen molar-refractivity contribution in [3.8, 4) is 5.75 Å². The normalized spacial score (nSPS) is 24.9. The summed E-state index contributed by atoms with van der Waals surface area (Å²) in [6, 6.07) is 11.2. The van der Waals surface area contributed by atoms with E-state index < -0.39 is 69.7 Å². The average Bonchev–Trinajstić information content (AvgIpc) is 2.95. The maximum Gasteiger partial charge on any atom is 0.255 e. The van der Waals surface area contributed by atoms with Gasteiger partial charge >= 0.3 is 0 Å². The Balaban J connectivity index is 1.43. The zero-order valence-corrected chi connectivity index (χ0v) is 23.5. The van der Waals surface area contributed by atoms with E-state index in [1.807, 2.05) is 30.3 Å². The number of carbonyl (C=O) groups is 4. The molecule has 1 saturated carbocycles. The number of nitrogens with zero attached hydrogens (tertiary/aromatic N) is 1. The number of likely N-dealkylation sites (N-methyl/N-ethyl adjacent to an activating group) is 1. The molecule has 13 nitrogen and oxygen atoms in total. The predicted octanol–water partition coefficient (Wildman–Crippen LogP) is 0.624. The molecule has 0 aliphatic heterocycles. The summed E-state index contributed by atoms with van der Waals surface area (Å²) in [5.41, 5.74) is 5.18. The number of amides is 2. The molecular weight excluding hydrogens is 560 g/mol. The van der Waals surface area contributed by atoms with Crippen LogP contribution in [0.25, 0.3) is 5.76 Å². The molecule has 8 N–H and O–H groups in total. The molecule has 2 amide bonds. The second-order valence-corrected chi connectivity index (χ2v) is 11.1. The second-order valence-electron chi connectivity index (χ2n) is 11.1. The molecule has 2 aromatic rings. The van der Waals surface area contributed by atoms with E-state index in [1.165, 1.54) is 25.1 Å². The minimum Gasteiger partial charge on any atom is -0.508 e. The van der Waals surface area contributed by atoms with E-state index in [0.717, 1.165) is 5.56 Å². The molecule has 0 heterocycles. The number of primary amides is 1. The first-order valence-electron chi connectivity index (χ1n) is 13.6. The first-order valence-corrected chi connectivity index (χ1v) is 13.6. The largest absolute Gasteiger partial charge is 0.508 e. The number of nitrogens with one attached hydrogen (secondary N) is 2. The third kappa shape index (κ3) is 4.95. The number of hydrogen-bond donors (Lipinski definition) is 7. The molecular formula is C30H32N4O9. The predicted molar refractivity (Wildman–Crippen MR) is 152 cm³/mol. The van der Waals surface area contributed by atoms with Crippen LogP contribution in [0.2, 0.25) is 0 Å². The van der Waals surface area contributed by atoms with Gasteiger partial charge in [0.15, 0.2) is 11.4 Å². The molecule has 0 aromatic heterocycles. The number of nitrogens with two attached hydrogens (primary N) is 1. The number of fused-ring (bicyclic) bond motifs is 3. The summed E-state index contributed by atoms with van der Waals surface area (Å²) in [5.74, 6) is -7.95. The van der Waals surface area contributed by atoms with E-state index in [9.17, 15) is 39.6 Å². The van der Waals surface area contributed by atoms with Crippen LogP contribution in [0.1, 0.15) is 23.1 Å². The van der Waals surface area contributed by atoms with Gasteiger partial charge in [-0.15, -0.1) is 0 Å². The van der Waals surface area contributed by atoms with Crippen molar-refractivity contribution < 1.29 is 44.4 Å². The minimum absolute atomic E-state index is 0.0142. The number of phenols is 1. The third-order valence-electron chi connectivity index (χ3n) is 8.28. The topological polar surface area (TPSA) is 212 Å². The van der Waals surface area contributed by atoms with Crippen LogP contribution in [-0.4, -0.2) is 81.0 Å². The Hall–Kier alpha value is -4.56. The summed E-state index contributed by atoms with van der Waals surface area (Å²) in [7, 11) is 3.07. The van der Waals surface area contributed by atoms with E-state index in [1.54, 1.807) is 6.07 Å². The maximum atomic E-state index is 13.9. The number of benzene rings is 2. The summed E-state index contributed by atoms with van der Waals surface area (Å²) < 4.78 is 0. The van der Waals surface area contributed by atoms with Crippen LogP contribution in [0.5, 0.6) is 5.75 Å². The third-order valence-corrected chi connectivity index (χ3v) is 8.28. The molecule has 0 bridgehead atoms. The molecule has 3 aliphatic carbocycles. The fourth-order valence-corrected chi connectivity index (χ4v) is 6.34. The highest BCUT2D eigenvalue weighted by atomic mass is 16.6. The van der Waals surface area contributed by atoms with E-state index in [2.05, 4.69) is 10.8 Å². The maximum absolute atomic E-state index is 13.9. The molecule has 226 valence electrons. The molecule has 0 spiro atoms. The number of phenolic OH excluding ortho intramolecular Hbond substituents is 1. The molecule has 2 aromatic carbocycles. The van der Waals surface area contributed by atoms with Crippen LogP contribution in [0, 0.1) is 11.8 Å². The highest BCUT2D eigenvalue weighted by molar-refractivity contribution is 6.24. The summed E-state index contributed by atoms with van der Waals surface area (Å²) in [6.45, 7) is -0.0395. The Labute approximate surface area is 246 Å². The number of Topliss-reactive ketones (excluding diaryl/α,β-unsaturated/α-hetero) is 2. The molecule has 2 unspecified atom stereocenters. The van der Waals surface area contributed by atoms with Gasteiger partial charge in [0.1, 0.15) is 29.4 Å². The number of aliphatic hydroxyl groups excluding tert-OH is 2. The number of hydroxylamine groups is 1. The summed E-state index contributed by atoms with van der Waals surface area (Å²) >= 11 is 0. The van der Waals surface area contributed by atoms with E-state index in [0.29, 0.717) is 5.56 Å². The van der Waals surface area contributed by atoms with Crippen molar-refractivity contribution in [1.29, 1.82) is 0 Å². The standard InChI is InChI=1S/C30H32N4O9/c1-34(2)23-17-11-16-10-15-8-9-18(33-19(35)12-32-43-13-14-6-4-3-5-7-14)24(36)20(15)25(37)21(16)27(39)30(17,42)28(40)22(26(23)38)29(31)41/h3-9,16-17,23,32,36-37,40,42H,10-13H2,1-2H3,(H2,31,41)(H,33,35)/t16?,17?,23-,30-/m0/s1. The van der Waals surface area contributed by atoms with Crippen LogP contribution in [0.15, 0.2) is 59.4 Å². The Bertz CT molecular complexity index is 1580. The highest BCUT2D eigenvalue weighted by Gasteiger charge is 2.64. The molecule has 1 fully saturated rings. The average molecular weight is 593 g/mol. The van der Waals surface area contributed by atoms with Crippen LogP contribution in [-0.2, 0) is 37.0 Å². The number of ketones is 2. The lowest BCUT2D eigenvalue weighted by molar-refractivity contribution is -0.153. The van der Waals surface area contributed by atoms with Gasteiger partial charge in [-0.2, -0.15) is 5.48 Å². The van der Waals surface area contributed by atoms with Gasteiger partial charge in [0, 0.05) is 11.5 Å². The Morgan fingerprint density at radius 2 is 1.79 bits per heavy atom. The molecule has 43 heavy (non-hydrogen) atoms. The summed E-state index contributed by atoms with van der Waals surface area (Å²) in [6.07, 6.45) is 0.130. The van der Waals surface area contributed by atoms with Crippen LogP contribution >= 0.6 is 0 Å². The van der Waals surface area contributed by atoms with Crippen molar-refractivity contribution in [2.45, 2.75) is 31.1 Å². The highest BCUT2D eigenvalue weighted by Crippen LogP contribution is 2.53. The molecule has 0 radical (unpaired) electrons. The lowest BCUT2D eigenvalue weighted by Crippen LogP contribution is -2.65. The monoisotopic (exact) mass is 592 g/mol. The Morgan fingerprint density at radius 3 is 2.44 bits per heavy atom. The van der Waals surface area contributed by atoms with Gasteiger partial charge in [-0.25, -0.2) is 0 Å². The number of rotatable bonds is 8. The number of carbonyl (C=O) groups excluding carboxylic acids is 4. The van der Waals surface area contributed by atoms with Gasteiger partial charge in [0.05, 0.1) is 23.9 Å². The fourth-order valence-electron chi connectivity index (χ4n) is 6.34. The first-order chi connectivity index (χ1) is 20.4. The fraction of sp³-hybridized carbons (Fsp3) is 0.333. The van der Waals surface area contributed by atoms with Crippen LogP contribution in [0.3, 0.4) is 0 Å². The molecule has 3 aliphatic rings.